The second kappa shape index (κ2) is 7.10. The van der Waals surface area contributed by atoms with Crippen molar-refractivity contribution in [3.05, 3.63) is 0 Å². The van der Waals surface area contributed by atoms with Gasteiger partial charge in [-0.1, -0.05) is 13.8 Å². The summed E-state index contributed by atoms with van der Waals surface area (Å²) in [6.45, 7) is 7.81. The standard InChI is InChI=1S/C14H27NO3/c1-4-18-13(16)14(9-15,7-11(2)3)10-17-8-12-5-6-12/h11-12H,4-10,15H2,1-3H3. The average Bonchev–Trinajstić information content (AvgIpc) is 3.11. The van der Waals surface area contributed by atoms with Crippen LogP contribution in [0.4, 0.5) is 0 Å². The molecule has 0 saturated heterocycles. The lowest BCUT2D eigenvalue weighted by Crippen LogP contribution is -2.45. The van der Waals surface area contributed by atoms with Crippen LogP contribution in [0.1, 0.15) is 40.0 Å². The molecule has 0 aliphatic heterocycles. The smallest absolute Gasteiger partial charge is 0.315 e. The van der Waals surface area contributed by atoms with Crippen LogP contribution in [-0.2, 0) is 14.3 Å². The first-order valence-electron chi connectivity index (χ1n) is 6.99. The quantitative estimate of drug-likeness (QED) is 0.641. The van der Waals surface area contributed by atoms with Crippen LogP contribution < -0.4 is 5.73 Å². The van der Waals surface area contributed by atoms with Gasteiger partial charge in [-0.2, -0.15) is 0 Å². The molecule has 0 aromatic carbocycles. The highest BCUT2D eigenvalue weighted by Crippen LogP contribution is 2.32. The molecular weight excluding hydrogens is 230 g/mol. The van der Waals surface area contributed by atoms with Crippen molar-refractivity contribution in [3.8, 4) is 0 Å². The molecule has 1 aliphatic rings. The molecule has 0 heterocycles. The van der Waals surface area contributed by atoms with Crippen LogP contribution in [0.5, 0.6) is 0 Å². The molecule has 18 heavy (non-hydrogen) atoms. The van der Waals surface area contributed by atoms with Gasteiger partial charge in [-0.15, -0.1) is 0 Å². The van der Waals surface area contributed by atoms with E-state index >= 15 is 0 Å². The summed E-state index contributed by atoms with van der Waals surface area (Å²) >= 11 is 0. The minimum Gasteiger partial charge on any atom is -0.465 e. The molecule has 1 fully saturated rings. The monoisotopic (exact) mass is 257 g/mol. The summed E-state index contributed by atoms with van der Waals surface area (Å²) in [4.78, 5) is 12.1. The number of ether oxygens (including phenoxy) is 2. The van der Waals surface area contributed by atoms with Crippen LogP contribution in [-0.4, -0.2) is 32.3 Å². The van der Waals surface area contributed by atoms with Gasteiger partial charge in [-0.25, -0.2) is 0 Å². The Morgan fingerprint density at radius 3 is 2.56 bits per heavy atom. The molecule has 4 heteroatoms. The van der Waals surface area contributed by atoms with E-state index in [9.17, 15) is 4.79 Å². The van der Waals surface area contributed by atoms with Gasteiger partial charge >= 0.3 is 5.97 Å². The van der Waals surface area contributed by atoms with E-state index in [1.165, 1.54) is 12.8 Å². The molecule has 106 valence electrons. The fraction of sp³-hybridized carbons (Fsp3) is 0.929. The average molecular weight is 257 g/mol. The first-order chi connectivity index (χ1) is 8.54. The molecule has 1 saturated carbocycles. The molecule has 4 nitrogen and oxygen atoms in total. The summed E-state index contributed by atoms with van der Waals surface area (Å²) in [6.07, 6.45) is 3.21. The van der Waals surface area contributed by atoms with Crippen LogP contribution in [0, 0.1) is 17.3 Å². The lowest BCUT2D eigenvalue weighted by molar-refractivity contribution is -0.160. The highest BCUT2D eigenvalue weighted by Gasteiger charge is 2.40. The van der Waals surface area contributed by atoms with Crippen molar-refractivity contribution in [2.24, 2.45) is 23.0 Å². The van der Waals surface area contributed by atoms with Gasteiger partial charge in [0, 0.05) is 13.2 Å². The van der Waals surface area contributed by atoms with Crippen molar-refractivity contribution in [1.29, 1.82) is 0 Å². The first-order valence-corrected chi connectivity index (χ1v) is 6.99. The fourth-order valence-corrected chi connectivity index (χ4v) is 2.20. The van der Waals surface area contributed by atoms with E-state index in [1.54, 1.807) is 0 Å². The molecule has 0 amide bonds. The van der Waals surface area contributed by atoms with Gasteiger partial charge in [-0.3, -0.25) is 4.79 Å². The van der Waals surface area contributed by atoms with Gasteiger partial charge in [0.15, 0.2) is 0 Å². The minimum absolute atomic E-state index is 0.211. The van der Waals surface area contributed by atoms with Crippen molar-refractivity contribution >= 4 is 5.97 Å². The zero-order valence-electron chi connectivity index (χ0n) is 11.9. The Labute approximate surface area is 110 Å². The Kier molecular flexibility index (Phi) is 6.09. The topological polar surface area (TPSA) is 61.5 Å². The summed E-state index contributed by atoms with van der Waals surface area (Å²) in [6, 6.07) is 0. The molecule has 1 aliphatic carbocycles. The molecule has 2 N–H and O–H groups in total. The molecule has 1 unspecified atom stereocenters. The van der Waals surface area contributed by atoms with Crippen LogP contribution in [0.25, 0.3) is 0 Å². The zero-order chi connectivity index (χ0) is 13.6. The summed E-state index contributed by atoms with van der Waals surface area (Å²) < 4.78 is 10.9. The van der Waals surface area contributed by atoms with Crippen molar-refractivity contribution < 1.29 is 14.3 Å². The SMILES string of the molecule is CCOC(=O)C(CN)(COCC1CC1)CC(C)C. The van der Waals surface area contributed by atoms with E-state index in [-0.39, 0.29) is 12.5 Å². The molecule has 0 aromatic rings. The van der Waals surface area contributed by atoms with Gasteiger partial charge in [0.05, 0.1) is 13.2 Å². The molecule has 1 atom stereocenters. The van der Waals surface area contributed by atoms with E-state index in [0.717, 1.165) is 6.61 Å². The second-order valence-electron chi connectivity index (χ2n) is 5.76. The maximum atomic E-state index is 12.1. The molecular formula is C14H27NO3. The van der Waals surface area contributed by atoms with Crippen LogP contribution in [0.3, 0.4) is 0 Å². The normalized spacial score (nSPS) is 18.7. The highest BCUT2D eigenvalue weighted by molar-refractivity contribution is 5.77. The van der Waals surface area contributed by atoms with E-state index in [0.29, 0.717) is 31.5 Å². The summed E-state index contributed by atoms with van der Waals surface area (Å²) in [5, 5.41) is 0. The fourth-order valence-electron chi connectivity index (χ4n) is 2.20. The van der Waals surface area contributed by atoms with Crippen LogP contribution in [0.2, 0.25) is 0 Å². The predicted molar refractivity (Wildman–Crippen MR) is 71.1 cm³/mol. The Balaban J connectivity index is 2.58. The summed E-state index contributed by atoms with van der Waals surface area (Å²) in [7, 11) is 0. The minimum atomic E-state index is -0.668. The Morgan fingerprint density at radius 2 is 2.11 bits per heavy atom. The van der Waals surface area contributed by atoms with Crippen molar-refractivity contribution in [1.82, 2.24) is 0 Å². The summed E-state index contributed by atoms with van der Waals surface area (Å²) in [5.41, 5.74) is 5.17. The molecule has 1 rings (SSSR count). The van der Waals surface area contributed by atoms with Crippen molar-refractivity contribution in [3.63, 3.8) is 0 Å². The molecule has 0 aromatic heterocycles. The van der Waals surface area contributed by atoms with E-state index in [1.807, 2.05) is 6.92 Å². The van der Waals surface area contributed by atoms with E-state index in [4.69, 9.17) is 15.2 Å². The van der Waals surface area contributed by atoms with Gasteiger partial charge < -0.3 is 15.2 Å². The molecule has 0 bridgehead atoms. The summed E-state index contributed by atoms with van der Waals surface area (Å²) in [5.74, 6) is 0.876. The number of nitrogens with two attached hydrogens (primary N) is 1. The number of rotatable bonds is 9. The lowest BCUT2D eigenvalue weighted by Gasteiger charge is -2.31. The van der Waals surface area contributed by atoms with Crippen LogP contribution in [0.15, 0.2) is 0 Å². The largest absolute Gasteiger partial charge is 0.465 e. The lowest BCUT2D eigenvalue weighted by atomic mass is 9.80. The Bertz CT molecular complexity index is 264. The maximum absolute atomic E-state index is 12.1. The van der Waals surface area contributed by atoms with Crippen molar-refractivity contribution in [2.75, 3.05) is 26.4 Å². The number of hydrogen-bond acceptors (Lipinski definition) is 4. The van der Waals surface area contributed by atoms with Gasteiger partial charge in [-0.05, 0) is 38.0 Å². The third-order valence-corrected chi connectivity index (χ3v) is 3.33. The van der Waals surface area contributed by atoms with Crippen molar-refractivity contribution in [2.45, 2.75) is 40.0 Å². The van der Waals surface area contributed by atoms with Gasteiger partial charge in [0.25, 0.3) is 0 Å². The molecule has 0 spiro atoms. The van der Waals surface area contributed by atoms with Gasteiger partial charge in [0.2, 0.25) is 0 Å². The third kappa shape index (κ3) is 4.58. The predicted octanol–water partition coefficient (Wildman–Crippen LogP) is 1.97. The Hall–Kier alpha value is -0.610. The number of esters is 1. The number of carbonyl (C=O) groups is 1. The van der Waals surface area contributed by atoms with Gasteiger partial charge in [0.1, 0.15) is 5.41 Å². The number of hydrogen-bond donors (Lipinski definition) is 1. The Morgan fingerprint density at radius 1 is 1.44 bits per heavy atom. The highest BCUT2D eigenvalue weighted by atomic mass is 16.5. The third-order valence-electron chi connectivity index (χ3n) is 3.33. The van der Waals surface area contributed by atoms with Crippen LogP contribution >= 0.6 is 0 Å². The second-order valence-corrected chi connectivity index (χ2v) is 5.76. The zero-order valence-corrected chi connectivity index (χ0v) is 11.9. The number of carbonyl (C=O) groups excluding carboxylic acids is 1. The van der Waals surface area contributed by atoms with E-state index < -0.39 is 5.41 Å². The maximum Gasteiger partial charge on any atom is 0.315 e. The van der Waals surface area contributed by atoms with E-state index in [2.05, 4.69) is 13.8 Å². The molecule has 0 radical (unpaired) electrons. The first kappa shape index (κ1) is 15.4.